The Balaban J connectivity index is 1.36. The van der Waals surface area contributed by atoms with Crippen LogP contribution in [0.4, 0.5) is 5.69 Å². The fourth-order valence-electron chi connectivity index (χ4n) is 5.72. The van der Waals surface area contributed by atoms with E-state index in [-0.39, 0.29) is 17.7 Å². The summed E-state index contributed by atoms with van der Waals surface area (Å²) < 4.78 is 5.40. The van der Waals surface area contributed by atoms with Crippen LogP contribution in [0.15, 0.2) is 42.5 Å². The topological polar surface area (TPSA) is 73.9 Å². The van der Waals surface area contributed by atoms with Crippen LogP contribution in [-0.2, 0) is 26.3 Å². The van der Waals surface area contributed by atoms with Gasteiger partial charge in [0.2, 0.25) is 11.8 Å². The van der Waals surface area contributed by atoms with Gasteiger partial charge in [0.1, 0.15) is 5.54 Å². The number of carbonyl (C=O) groups excluding carboxylic acids is 2. The molecule has 0 aromatic heterocycles. The highest BCUT2D eigenvalue weighted by Crippen LogP contribution is 2.45. The molecule has 2 unspecified atom stereocenters. The zero-order valence-corrected chi connectivity index (χ0v) is 21.8. The van der Waals surface area contributed by atoms with Crippen molar-refractivity contribution in [2.75, 3.05) is 57.8 Å². The smallest absolute Gasteiger partial charge is 0.249 e. The van der Waals surface area contributed by atoms with Crippen molar-refractivity contribution >= 4 is 40.7 Å². The molecule has 0 bridgehead atoms. The Hall–Kier alpha value is -2.16. The van der Waals surface area contributed by atoms with Crippen LogP contribution in [0.3, 0.4) is 0 Å². The van der Waals surface area contributed by atoms with Crippen LogP contribution < -0.4 is 10.6 Å². The first-order valence-electron chi connectivity index (χ1n) is 12.6. The summed E-state index contributed by atoms with van der Waals surface area (Å²) in [5.74, 6) is -0.211. The maximum Gasteiger partial charge on any atom is 0.249 e. The maximum atomic E-state index is 13.7. The molecule has 0 spiro atoms. The van der Waals surface area contributed by atoms with E-state index in [1.54, 1.807) is 6.07 Å². The number of morpholine rings is 1. The van der Waals surface area contributed by atoms with Gasteiger partial charge in [-0.3, -0.25) is 19.4 Å². The summed E-state index contributed by atoms with van der Waals surface area (Å²) >= 11 is 12.5. The molecular formula is C27H32Cl2N4O3. The Kier molecular flexibility index (Phi) is 7.84. The standard InChI is InChI=1S/C27H32Cl2N4O3/c28-21-5-1-3-19(15-21)17-27(23-7-6-22(29)16-24(23)31-26(27)35)33-9-2-4-20(18-33)25(34)30-8-10-32-11-13-36-14-12-32/h1,3,5-7,15-16,20H,2,4,8-14,17-18H2,(H,30,34)(H,31,35). The summed E-state index contributed by atoms with van der Waals surface area (Å²) in [6, 6.07) is 13.2. The first kappa shape index (κ1) is 25.5. The molecule has 36 heavy (non-hydrogen) atoms. The van der Waals surface area contributed by atoms with Gasteiger partial charge in [-0.15, -0.1) is 0 Å². The molecule has 9 heteroatoms. The Morgan fingerprint density at radius 3 is 2.72 bits per heavy atom. The van der Waals surface area contributed by atoms with Gasteiger partial charge >= 0.3 is 0 Å². The fraction of sp³-hybridized carbons (Fsp3) is 0.481. The van der Waals surface area contributed by atoms with Crippen molar-refractivity contribution in [3.63, 3.8) is 0 Å². The number of fused-ring (bicyclic) bond motifs is 1. The number of amides is 2. The van der Waals surface area contributed by atoms with Gasteiger partial charge in [-0.1, -0.05) is 41.4 Å². The zero-order valence-electron chi connectivity index (χ0n) is 20.3. The zero-order chi connectivity index (χ0) is 25.1. The van der Waals surface area contributed by atoms with E-state index in [4.69, 9.17) is 27.9 Å². The molecule has 7 nitrogen and oxygen atoms in total. The predicted molar refractivity (Wildman–Crippen MR) is 141 cm³/mol. The molecule has 0 saturated carbocycles. The van der Waals surface area contributed by atoms with Crippen molar-refractivity contribution in [1.82, 2.24) is 15.1 Å². The van der Waals surface area contributed by atoms with E-state index in [1.165, 1.54) is 0 Å². The summed E-state index contributed by atoms with van der Waals surface area (Å²) in [4.78, 5) is 31.4. The Bertz CT molecular complexity index is 1120. The number of ether oxygens (including phenoxy) is 1. The predicted octanol–water partition coefficient (Wildman–Crippen LogP) is 3.54. The summed E-state index contributed by atoms with van der Waals surface area (Å²) in [5.41, 5.74) is 1.66. The number of hydrogen-bond donors (Lipinski definition) is 2. The van der Waals surface area contributed by atoms with E-state index in [2.05, 4.69) is 20.4 Å². The lowest BCUT2D eigenvalue weighted by Crippen LogP contribution is -2.57. The van der Waals surface area contributed by atoms with Crippen LogP contribution in [0, 0.1) is 5.92 Å². The molecule has 5 rings (SSSR count). The molecule has 2 aromatic carbocycles. The minimum atomic E-state index is -0.933. The SMILES string of the molecule is O=C(NCCN1CCOCC1)C1CCCN(C2(Cc3cccc(Cl)c3)C(=O)Nc3cc(Cl)ccc32)C1. The molecule has 192 valence electrons. The Morgan fingerprint density at radius 1 is 1.11 bits per heavy atom. The lowest BCUT2D eigenvalue weighted by Gasteiger charge is -2.44. The molecule has 0 radical (unpaired) electrons. The largest absolute Gasteiger partial charge is 0.379 e. The van der Waals surface area contributed by atoms with Crippen LogP contribution in [-0.4, -0.2) is 74.1 Å². The van der Waals surface area contributed by atoms with Crippen molar-refractivity contribution in [1.29, 1.82) is 0 Å². The van der Waals surface area contributed by atoms with Gasteiger partial charge < -0.3 is 15.4 Å². The third-order valence-corrected chi connectivity index (χ3v) is 8.03. The average Bonchev–Trinajstić information content (AvgIpc) is 3.15. The lowest BCUT2D eigenvalue weighted by atomic mass is 9.80. The van der Waals surface area contributed by atoms with Crippen molar-refractivity contribution in [3.8, 4) is 0 Å². The highest BCUT2D eigenvalue weighted by molar-refractivity contribution is 6.31. The Morgan fingerprint density at radius 2 is 1.92 bits per heavy atom. The minimum absolute atomic E-state index is 0.0561. The lowest BCUT2D eigenvalue weighted by molar-refractivity contribution is -0.134. The van der Waals surface area contributed by atoms with E-state index in [1.807, 2.05) is 36.4 Å². The molecular weight excluding hydrogens is 499 g/mol. The third kappa shape index (κ3) is 5.27. The first-order chi connectivity index (χ1) is 17.5. The fourth-order valence-corrected chi connectivity index (χ4v) is 6.10. The van der Waals surface area contributed by atoms with Gasteiger partial charge in [-0.25, -0.2) is 0 Å². The van der Waals surface area contributed by atoms with Gasteiger partial charge in [0, 0.05) is 60.4 Å². The van der Waals surface area contributed by atoms with Crippen LogP contribution in [0.25, 0.3) is 0 Å². The molecule has 3 aliphatic rings. The number of piperidine rings is 1. The highest BCUT2D eigenvalue weighted by Gasteiger charge is 2.52. The van der Waals surface area contributed by atoms with Crippen molar-refractivity contribution in [3.05, 3.63) is 63.6 Å². The molecule has 2 amide bonds. The number of nitrogens with one attached hydrogen (secondary N) is 2. The second kappa shape index (κ2) is 11.1. The van der Waals surface area contributed by atoms with Crippen molar-refractivity contribution in [2.45, 2.75) is 24.8 Å². The van der Waals surface area contributed by atoms with Crippen LogP contribution in [0.5, 0.6) is 0 Å². The number of anilines is 1. The first-order valence-corrected chi connectivity index (χ1v) is 13.4. The van der Waals surface area contributed by atoms with Gasteiger partial charge in [0.25, 0.3) is 0 Å². The second-order valence-corrected chi connectivity index (χ2v) is 10.7. The maximum absolute atomic E-state index is 13.7. The van der Waals surface area contributed by atoms with E-state index >= 15 is 0 Å². The molecule has 2 atom stereocenters. The highest BCUT2D eigenvalue weighted by atomic mass is 35.5. The molecule has 0 aliphatic carbocycles. The van der Waals surface area contributed by atoms with Crippen molar-refractivity contribution in [2.24, 2.45) is 5.92 Å². The average molecular weight is 531 g/mol. The normalized spacial score (nSPS) is 24.8. The number of benzene rings is 2. The second-order valence-electron chi connectivity index (χ2n) is 9.84. The molecule has 3 aliphatic heterocycles. The molecule has 2 fully saturated rings. The van der Waals surface area contributed by atoms with E-state index < -0.39 is 5.54 Å². The number of halogens is 2. The van der Waals surface area contributed by atoms with Gasteiger partial charge in [0.05, 0.1) is 19.1 Å². The van der Waals surface area contributed by atoms with Crippen LogP contribution >= 0.6 is 23.2 Å². The number of rotatable bonds is 7. The van der Waals surface area contributed by atoms with E-state index in [0.717, 1.165) is 69.0 Å². The quantitative estimate of drug-likeness (QED) is 0.572. The monoisotopic (exact) mass is 530 g/mol. The number of carbonyl (C=O) groups is 2. The third-order valence-electron chi connectivity index (χ3n) is 7.56. The van der Waals surface area contributed by atoms with Gasteiger partial charge in [-0.05, 0) is 49.2 Å². The molecule has 2 aromatic rings. The number of hydrogen-bond acceptors (Lipinski definition) is 5. The van der Waals surface area contributed by atoms with Crippen molar-refractivity contribution < 1.29 is 14.3 Å². The summed E-state index contributed by atoms with van der Waals surface area (Å²) in [6.45, 7) is 5.97. The number of likely N-dealkylation sites (tertiary alicyclic amines) is 1. The van der Waals surface area contributed by atoms with Crippen LogP contribution in [0.1, 0.15) is 24.0 Å². The minimum Gasteiger partial charge on any atom is -0.379 e. The van der Waals surface area contributed by atoms with E-state index in [9.17, 15) is 9.59 Å². The summed E-state index contributed by atoms with van der Waals surface area (Å²) in [7, 11) is 0. The summed E-state index contributed by atoms with van der Waals surface area (Å²) in [6.07, 6.45) is 2.11. The molecule has 2 saturated heterocycles. The number of nitrogens with zero attached hydrogens (tertiary/aromatic N) is 2. The van der Waals surface area contributed by atoms with E-state index in [0.29, 0.717) is 29.6 Å². The Labute approximate surface area is 222 Å². The molecule has 3 heterocycles. The van der Waals surface area contributed by atoms with Crippen LogP contribution in [0.2, 0.25) is 10.0 Å². The summed E-state index contributed by atoms with van der Waals surface area (Å²) in [5, 5.41) is 7.40. The van der Waals surface area contributed by atoms with Gasteiger partial charge in [-0.2, -0.15) is 0 Å². The van der Waals surface area contributed by atoms with Gasteiger partial charge in [0.15, 0.2) is 0 Å². The molecule has 2 N–H and O–H groups in total.